The van der Waals surface area contributed by atoms with Crippen molar-refractivity contribution in [2.45, 2.75) is 6.18 Å². The lowest BCUT2D eigenvalue weighted by Gasteiger charge is -1.87. The second kappa shape index (κ2) is 2.80. The summed E-state index contributed by atoms with van der Waals surface area (Å²) in [5.74, 6) is -2.37. The molecule has 0 radical (unpaired) electrons. The fourth-order valence-corrected chi connectivity index (χ4v) is 0.364. The molecule has 64 valence electrons. The van der Waals surface area contributed by atoms with Gasteiger partial charge in [-0.2, -0.15) is 18.2 Å². The molecule has 0 spiro atoms. The summed E-state index contributed by atoms with van der Waals surface area (Å²) in [5, 5.41) is 6.02. The molecule has 0 N–H and O–H groups in total. The van der Waals surface area contributed by atoms with E-state index in [0.29, 0.717) is 0 Å². The van der Waals surface area contributed by atoms with Crippen LogP contribution in [0.1, 0.15) is 0 Å². The van der Waals surface area contributed by atoms with Crippen molar-refractivity contribution in [2.75, 3.05) is 0 Å². The third-order valence-electron chi connectivity index (χ3n) is 0.779. The van der Waals surface area contributed by atoms with E-state index in [1.165, 1.54) is 0 Å². The molecule has 1 heterocycles. The number of nitrogens with zero attached hydrogens (tertiary/aromatic N) is 3. The van der Waals surface area contributed by atoms with Gasteiger partial charge in [0.15, 0.2) is 0 Å². The zero-order valence-corrected chi connectivity index (χ0v) is 5.37. The van der Waals surface area contributed by atoms with Gasteiger partial charge in [-0.25, -0.2) is 4.42 Å². The molecule has 1 aliphatic heterocycles. The highest BCUT2D eigenvalue weighted by Crippen LogP contribution is 2.19. The van der Waals surface area contributed by atoms with Gasteiger partial charge in [-0.15, -0.1) is 5.11 Å². The normalized spacial score (nSPS) is 19.1. The molecule has 0 atom stereocenters. The highest BCUT2D eigenvalue weighted by molar-refractivity contribution is 5.91. The van der Waals surface area contributed by atoms with Crippen LogP contribution in [-0.2, 0) is 4.79 Å². The third kappa shape index (κ3) is 1.94. The summed E-state index contributed by atoms with van der Waals surface area (Å²) in [6.45, 7) is 0. The van der Waals surface area contributed by atoms with Crippen molar-refractivity contribution in [1.82, 2.24) is 0 Å². The molecule has 8 heteroatoms. The fourth-order valence-electron chi connectivity index (χ4n) is 0.364. The van der Waals surface area contributed by atoms with Crippen LogP contribution in [0.25, 0.3) is 0 Å². The standard InChI is InChI=1S/C4HF3N3O2/c5-4(6,7)2(11)12-3-8-1-9-10-3/h1H/q+1. The van der Waals surface area contributed by atoms with Crippen LogP contribution in [0.2, 0.25) is 0 Å². The number of aliphatic imine (C=N–C) groups is 1. The molecular weight excluding hydrogens is 179 g/mol. The molecule has 2 amide bonds. The number of azo groups is 1. The molecule has 0 aromatic rings. The van der Waals surface area contributed by atoms with Crippen molar-refractivity contribution < 1.29 is 22.4 Å². The van der Waals surface area contributed by atoms with Crippen molar-refractivity contribution in [3.63, 3.8) is 0 Å². The first-order valence-corrected chi connectivity index (χ1v) is 2.59. The molecule has 0 bridgehead atoms. The van der Waals surface area contributed by atoms with Crippen molar-refractivity contribution in [2.24, 2.45) is 15.2 Å². The van der Waals surface area contributed by atoms with Crippen LogP contribution in [-0.4, -0.2) is 24.5 Å². The average molecular weight is 180 g/mol. The lowest BCUT2D eigenvalue weighted by atomic mass is 10.7. The number of amides is 2. The Labute approximate surface area is 63.3 Å². The summed E-state index contributed by atoms with van der Waals surface area (Å²) in [6.07, 6.45) is -4.18. The SMILES string of the molecule is O=C([O+]=C1N=CN=N1)C(F)(F)F. The van der Waals surface area contributed by atoms with Gasteiger partial charge in [0.05, 0.1) is 4.79 Å². The predicted octanol–water partition coefficient (Wildman–Crippen LogP) is 1.23. The fraction of sp³-hybridized carbons (Fsp3) is 0.250. The van der Waals surface area contributed by atoms with Crippen molar-refractivity contribution in [3.8, 4) is 0 Å². The highest BCUT2D eigenvalue weighted by atomic mass is 19.4. The van der Waals surface area contributed by atoms with Crippen LogP contribution in [0.15, 0.2) is 15.2 Å². The monoisotopic (exact) mass is 180 g/mol. The first-order valence-electron chi connectivity index (χ1n) is 2.59. The quantitative estimate of drug-likeness (QED) is 0.517. The summed E-state index contributed by atoms with van der Waals surface area (Å²) in [4.78, 5) is 13.2. The Bertz CT molecular complexity index is 276. The number of alkyl halides is 3. The molecule has 1 rings (SSSR count). The second-order valence-corrected chi connectivity index (χ2v) is 1.63. The van der Waals surface area contributed by atoms with Crippen LogP contribution < -0.4 is 0 Å². The topological polar surface area (TPSA) is 65.5 Å². The summed E-state index contributed by atoms with van der Waals surface area (Å²) in [5.41, 5.74) is 0. The molecule has 0 aromatic heterocycles. The van der Waals surface area contributed by atoms with Gasteiger partial charge in [-0.05, 0) is 0 Å². The van der Waals surface area contributed by atoms with Crippen molar-refractivity contribution in [1.29, 1.82) is 0 Å². The zero-order valence-electron chi connectivity index (χ0n) is 5.37. The molecule has 5 nitrogen and oxygen atoms in total. The van der Waals surface area contributed by atoms with Gasteiger partial charge >= 0.3 is 18.2 Å². The molecule has 0 aliphatic carbocycles. The number of carbonyl (C=O) groups excluding carboxylic acids is 2. The molecule has 0 saturated heterocycles. The minimum absolute atomic E-state index is 0.711. The Balaban J connectivity index is 2.75. The summed E-state index contributed by atoms with van der Waals surface area (Å²) >= 11 is 0. The molecule has 12 heavy (non-hydrogen) atoms. The maximum absolute atomic E-state index is 11.5. The zero-order chi connectivity index (χ0) is 9.19. The first-order chi connectivity index (χ1) is 5.50. The van der Waals surface area contributed by atoms with Crippen LogP contribution in [0.4, 0.5) is 17.6 Å². The molecule has 0 unspecified atom stereocenters. The molecule has 0 fully saturated rings. The number of hydrogen-bond acceptors (Lipinski definition) is 2. The van der Waals surface area contributed by atoms with Gasteiger partial charge in [0.1, 0.15) is 6.34 Å². The molecule has 0 aromatic carbocycles. The minimum Gasteiger partial charge on any atom is -0.223 e. The van der Waals surface area contributed by atoms with Crippen LogP contribution in [0, 0.1) is 0 Å². The van der Waals surface area contributed by atoms with Gasteiger partial charge in [0, 0.05) is 0 Å². The van der Waals surface area contributed by atoms with E-state index in [9.17, 15) is 18.0 Å². The van der Waals surface area contributed by atoms with Crippen LogP contribution in [0.5, 0.6) is 0 Å². The van der Waals surface area contributed by atoms with E-state index < -0.39 is 18.2 Å². The summed E-state index contributed by atoms with van der Waals surface area (Å²) in [6, 6.07) is -0.711. The third-order valence-corrected chi connectivity index (χ3v) is 0.779. The lowest BCUT2D eigenvalue weighted by Crippen LogP contribution is -2.19. The number of halogens is 3. The van der Waals surface area contributed by atoms with Gasteiger partial charge in [0.25, 0.3) is 0 Å². The Morgan fingerprint density at radius 3 is 2.58 bits per heavy atom. The number of carbonyl (C=O) groups is 1. The number of rotatable bonds is 0. The Morgan fingerprint density at radius 1 is 1.50 bits per heavy atom. The predicted molar refractivity (Wildman–Crippen MR) is 29.8 cm³/mol. The Kier molecular flexibility index (Phi) is 1.98. The number of urea groups is 1. The highest BCUT2D eigenvalue weighted by Gasteiger charge is 2.52. The van der Waals surface area contributed by atoms with Gasteiger partial charge < -0.3 is 0 Å². The van der Waals surface area contributed by atoms with E-state index in [4.69, 9.17) is 0 Å². The Hall–Kier alpha value is -1.60. The lowest BCUT2D eigenvalue weighted by molar-refractivity contribution is -0.246. The average Bonchev–Trinajstić information content (AvgIpc) is 2.37. The smallest absolute Gasteiger partial charge is 0.223 e. The minimum atomic E-state index is -5.04. The molecular formula is C4HF3N3O2+. The van der Waals surface area contributed by atoms with E-state index in [1.54, 1.807) is 0 Å². The van der Waals surface area contributed by atoms with Crippen LogP contribution >= 0.6 is 0 Å². The van der Waals surface area contributed by atoms with E-state index >= 15 is 0 Å². The van der Waals surface area contributed by atoms with E-state index in [2.05, 4.69) is 19.6 Å². The van der Waals surface area contributed by atoms with E-state index in [0.717, 1.165) is 6.34 Å². The second-order valence-electron chi connectivity index (χ2n) is 1.63. The van der Waals surface area contributed by atoms with Crippen LogP contribution in [0.3, 0.4) is 0 Å². The maximum atomic E-state index is 11.5. The molecule has 1 aliphatic rings. The Morgan fingerprint density at radius 2 is 2.17 bits per heavy atom. The number of hydrogen-bond donors (Lipinski definition) is 0. The van der Waals surface area contributed by atoms with Crippen molar-refractivity contribution >= 4 is 18.3 Å². The van der Waals surface area contributed by atoms with Gasteiger partial charge in [-0.1, -0.05) is 5.11 Å². The first kappa shape index (κ1) is 8.50. The van der Waals surface area contributed by atoms with Gasteiger partial charge in [-0.3, -0.25) is 0 Å². The largest absolute Gasteiger partial charge is 0.690 e. The molecule has 0 saturated carbocycles. The summed E-state index contributed by atoms with van der Waals surface area (Å²) in [7, 11) is 0. The summed E-state index contributed by atoms with van der Waals surface area (Å²) < 4.78 is 38.1. The van der Waals surface area contributed by atoms with E-state index in [1.807, 2.05) is 0 Å². The van der Waals surface area contributed by atoms with E-state index in [-0.39, 0.29) is 0 Å². The van der Waals surface area contributed by atoms with Gasteiger partial charge in [0.2, 0.25) is 0 Å². The maximum Gasteiger partial charge on any atom is 0.690 e. The van der Waals surface area contributed by atoms with Crippen molar-refractivity contribution in [3.05, 3.63) is 0 Å².